The van der Waals surface area contributed by atoms with Crippen LogP contribution in [0.4, 0.5) is 0 Å². The molecule has 0 bridgehead atoms. The standard InChI is InChI=1S/C19H22ClN3O2/c1-13-10-14(2)22-19(21-13)25-17-8-9-23(12-17)18(24)7-6-15-4-3-5-16(20)11-15/h3-5,10-11,17H,6-9,12H2,1-2H3/t17-/m1/s1. The molecule has 0 unspecified atom stereocenters. The predicted octanol–water partition coefficient (Wildman–Crippen LogP) is 3.36. The minimum atomic E-state index is -0.0451. The predicted molar refractivity (Wildman–Crippen MR) is 96.9 cm³/mol. The number of rotatable bonds is 5. The van der Waals surface area contributed by atoms with E-state index < -0.39 is 0 Å². The monoisotopic (exact) mass is 359 g/mol. The third-order valence-corrected chi connectivity index (χ3v) is 4.48. The zero-order valence-corrected chi connectivity index (χ0v) is 15.3. The van der Waals surface area contributed by atoms with Gasteiger partial charge in [-0.1, -0.05) is 23.7 Å². The molecule has 0 saturated carbocycles. The van der Waals surface area contributed by atoms with E-state index in [4.69, 9.17) is 16.3 Å². The third kappa shape index (κ3) is 4.92. The molecule has 6 heteroatoms. The van der Waals surface area contributed by atoms with Gasteiger partial charge in [-0.15, -0.1) is 0 Å². The van der Waals surface area contributed by atoms with Crippen LogP contribution in [0.2, 0.25) is 5.02 Å². The van der Waals surface area contributed by atoms with Gasteiger partial charge in [-0.2, -0.15) is 0 Å². The fraction of sp³-hybridized carbons (Fsp3) is 0.421. The maximum atomic E-state index is 12.4. The molecule has 0 aliphatic carbocycles. The normalized spacial score (nSPS) is 16.9. The van der Waals surface area contributed by atoms with Gasteiger partial charge in [0.05, 0.1) is 6.54 Å². The Labute approximate surface area is 153 Å². The molecule has 0 N–H and O–H groups in total. The van der Waals surface area contributed by atoms with Crippen LogP contribution in [-0.4, -0.2) is 40.0 Å². The Morgan fingerprint density at radius 2 is 2.04 bits per heavy atom. The lowest BCUT2D eigenvalue weighted by molar-refractivity contribution is -0.130. The Kier molecular flexibility index (Phi) is 5.53. The van der Waals surface area contributed by atoms with E-state index in [-0.39, 0.29) is 12.0 Å². The zero-order chi connectivity index (χ0) is 17.8. The number of nitrogens with zero attached hydrogens (tertiary/aromatic N) is 3. The largest absolute Gasteiger partial charge is 0.458 e. The van der Waals surface area contributed by atoms with Crippen molar-refractivity contribution in [2.75, 3.05) is 13.1 Å². The highest BCUT2D eigenvalue weighted by Crippen LogP contribution is 2.18. The number of carbonyl (C=O) groups is 1. The van der Waals surface area contributed by atoms with Crippen molar-refractivity contribution >= 4 is 17.5 Å². The number of benzene rings is 1. The molecule has 5 nitrogen and oxygen atoms in total. The summed E-state index contributed by atoms with van der Waals surface area (Å²) in [6.07, 6.45) is 1.94. The molecule has 132 valence electrons. The van der Waals surface area contributed by atoms with Crippen LogP contribution in [0.15, 0.2) is 30.3 Å². The van der Waals surface area contributed by atoms with Crippen molar-refractivity contribution in [2.24, 2.45) is 0 Å². The summed E-state index contributed by atoms with van der Waals surface area (Å²) in [4.78, 5) is 22.9. The second kappa shape index (κ2) is 7.83. The number of ether oxygens (including phenoxy) is 1. The Balaban J connectivity index is 1.50. The number of carbonyl (C=O) groups excluding carboxylic acids is 1. The van der Waals surface area contributed by atoms with Crippen molar-refractivity contribution in [3.05, 3.63) is 52.3 Å². The lowest BCUT2D eigenvalue weighted by Crippen LogP contribution is -2.31. The molecular formula is C19H22ClN3O2. The summed E-state index contributed by atoms with van der Waals surface area (Å²) in [5.74, 6) is 0.146. The first-order chi connectivity index (χ1) is 12.0. The topological polar surface area (TPSA) is 55.3 Å². The number of likely N-dealkylation sites (tertiary alicyclic amines) is 1. The average Bonchev–Trinajstić information content (AvgIpc) is 3.00. The van der Waals surface area contributed by atoms with Crippen LogP contribution < -0.4 is 4.74 Å². The van der Waals surface area contributed by atoms with Crippen LogP contribution in [0.5, 0.6) is 6.01 Å². The molecule has 0 radical (unpaired) electrons. The summed E-state index contributed by atoms with van der Waals surface area (Å²) < 4.78 is 5.86. The maximum Gasteiger partial charge on any atom is 0.317 e. The number of aromatic nitrogens is 2. The molecule has 1 saturated heterocycles. The fourth-order valence-corrected chi connectivity index (χ4v) is 3.26. The second-order valence-electron chi connectivity index (χ2n) is 6.43. The van der Waals surface area contributed by atoms with E-state index in [2.05, 4.69) is 9.97 Å². The summed E-state index contributed by atoms with van der Waals surface area (Å²) in [6, 6.07) is 9.95. The third-order valence-electron chi connectivity index (χ3n) is 4.25. The average molecular weight is 360 g/mol. The summed E-state index contributed by atoms with van der Waals surface area (Å²) in [6.45, 7) is 5.14. The molecule has 3 rings (SSSR count). The number of amides is 1. The van der Waals surface area contributed by atoms with E-state index in [1.54, 1.807) is 0 Å². The van der Waals surface area contributed by atoms with Crippen LogP contribution in [0.3, 0.4) is 0 Å². The number of hydrogen-bond donors (Lipinski definition) is 0. The highest BCUT2D eigenvalue weighted by Gasteiger charge is 2.28. The molecule has 1 amide bonds. The smallest absolute Gasteiger partial charge is 0.317 e. The quantitative estimate of drug-likeness (QED) is 0.821. The summed E-state index contributed by atoms with van der Waals surface area (Å²) >= 11 is 5.98. The lowest BCUT2D eigenvalue weighted by Gasteiger charge is -2.17. The summed E-state index contributed by atoms with van der Waals surface area (Å²) in [7, 11) is 0. The van der Waals surface area contributed by atoms with Crippen LogP contribution in [0, 0.1) is 13.8 Å². The van der Waals surface area contributed by atoms with Crippen molar-refractivity contribution < 1.29 is 9.53 Å². The van der Waals surface area contributed by atoms with Crippen molar-refractivity contribution in [1.29, 1.82) is 0 Å². The van der Waals surface area contributed by atoms with Gasteiger partial charge in [0.2, 0.25) is 5.91 Å². The van der Waals surface area contributed by atoms with Gasteiger partial charge in [0.25, 0.3) is 0 Å². The number of halogens is 1. The first kappa shape index (κ1) is 17.7. The lowest BCUT2D eigenvalue weighted by atomic mass is 10.1. The number of hydrogen-bond acceptors (Lipinski definition) is 4. The SMILES string of the molecule is Cc1cc(C)nc(O[C@@H]2CCN(C(=O)CCc3cccc(Cl)c3)C2)n1. The van der Waals surface area contributed by atoms with E-state index in [1.165, 1.54) is 0 Å². The molecule has 1 aromatic carbocycles. The van der Waals surface area contributed by atoms with E-state index in [0.29, 0.717) is 37.0 Å². The second-order valence-corrected chi connectivity index (χ2v) is 6.87. The Bertz CT molecular complexity index is 746. The molecular weight excluding hydrogens is 338 g/mol. The van der Waals surface area contributed by atoms with Crippen LogP contribution in [0.25, 0.3) is 0 Å². The van der Waals surface area contributed by atoms with Gasteiger partial charge in [-0.25, -0.2) is 9.97 Å². The summed E-state index contributed by atoms with van der Waals surface area (Å²) in [5.41, 5.74) is 2.85. The molecule has 1 atom stereocenters. The van der Waals surface area contributed by atoms with Gasteiger partial charge in [-0.3, -0.25) is 4.79 Å². The zero-order valence-electron chi connectivity index (χ0n) is 14.5. The highest BCUT2D eigenvalue weighted by atomic mass is 35.5. The van der Waals surface area contributed by atoms with E-state index >= 15 is 0 Å². The van der Waals surface area contributed by atoms with Gasteiger partial charge >= 0.3 is 6.01 Å². The molecule has 0 spiro atoms. The van der Waals surface area contributed by atoms with Gasteiger partial charge in [0, 0.05) is 35.8 Å². The van der Waals surface area contributed by atoms with Gasteiger partial charge in [0.15, 0.2) is 0 Å². The maximum absolute atomic E-state index is 12.4. The van der Waals surface area contributed by atoms with E-state index in [9.17, 15) is 4.79 Å². The van der Waals surface area contributed by atoms with Crippen molar-refractivity contribution in [3.8, 4) is 6.01 Å². The van der Waals surface area contributed by atoms with Gasteiger partial charge < -0.3 is 9.64 Å². The molecule has 2 heterocycles. The molecule has 2 aromatic rings. The highest BCUT2D eigenvalue weighted by molar-refractivity contribution is 6.30. The number of aryl methyl sites for hydroxylation is 3. The molecule has 1 aromatic heterocycles. The van der Waals surface area contributed by atoms with Crippen molar-refractivity contribution in [3.63, 3.8) is 0 Å². The molecule has 1 aliphatic heterocycles. The first-order valence-corrected chi connectivity index (χ1v) is 8.88. The fourth-order valence-electron chi connectivity index (χ4n) is 3.05. The van der Waals surface area contributed by atoms with E-state index in [0.717, 1.165) is 23.4 Å². The summed E-state index contributed by atoms with van der Waals surface area (Å²) in [5, 5.41) is 0.702. The van der Waals surface area contributed by atoms with Crippen molar-refractivity contribution in [2.45, 2.75) is 39.2 Å². The first-order valence-electron chi connectivity index (χ1n) is 8.51. The molecule has 25 heavy (non-hydrogen) atoms. The van der Waals surface area contributed by atoms with Crippen LogP contribution in [-0.2, 0) is 11.2 Å². The minimum Gasteiger partial charge on any atom is -0.458 e. The Morgan fingerprint density at radius 1 is 1.28 bits per heavy atom. The van der Waals surface area contributed by atoms with Gasteiger partial charge in [-0.05, 0) is 44.0 Å². The Morgan fingerprint density at radius 3 is 2.76 bits per heavy atom. The molecule has 1 fully saturated rings. The Hall–Kier alpha value is -2.14. The minimum absolute atomic E-state index is 0.0451. The van der Waals surface area contributed by atoms with E-state index in [1.807, 2.05) is 49.1 Å². The van der Waals surface area contributed by atoms with Crippen LogP contribution >= 0.6 is 11.6 Å². The van der Waals surface area contributed by atoms with Crippen LogP contribution in [0.1, 0.15) is 29.8 Å². The van der Waals surface area contributed by atoms with Gasteiger partial charge in [0.1, 0.15) is 6.10 Å². The molecule has 1 aliphatic rings. The van der Waals surface area contributed by atoms with Crippen molar-refractivity contribution in [1.82, 2.24) is 14.9 Å².